The lowest BCUT2D eigenvalue weighted by Gasteiger charge is -2.21. The molecule has 1 aromatic rings. The van der Waals surface area contributed by atoms with E-state index >= 15 is 0 Å². The molecule has 0 amide bonds. The van der Waals surface area contributed by atoms with Crippen molar-refractivity contribution in [3.05, 3.63) is 29.8 Å². The molecule has 0 saturated heterocycles. The Kier molecular flexibility index (Phi) is 4.87. The van der Waals surface area contributed by atoms with Crippen LogP contribution in [0, 0.1) is 5.41 Å². The van der Waals surface area contributed by atoms with Crippen molar-refractivity contribution in [3.8, 4) is 5.75 Å². The zero-order valence-corrected chi connectivity index (χ0v) is 12.5. The Hall–Kier alpha value is -1.02. The quantitative estimate of drug-likeness (QED) is 0.752. The number of benzene rings is 1. The van der Waals surface area contributed by atoms with E-state index in [4.69, 9.17) is 4.74 Å². The summed E-state index contributed by atoms with van der Waals surface area (Å²) < 4.78 is 5.71. The number of ether oxygens (including phenoxy) is 1. The normalized spacial score (nSPS) is 18.1. The van der Waals surface area contributed by atoms with Crippen LogP contribution in [-0.4, -0.2) is 13.2 Å². The SMILES string of the molecule is CCCC1(CNC(C)c2ccccc2OCC)CC1. The van der Waals surface area contributed by atoms with Gasteiger partial charge in [0.2, 0.25) is 0 Å². The molecule has 1 aliphatic rings. The molecule has 1 fully saturated rings. The lowest BCUT2D eigenvalue weighted by atomic mass is 9.99. The van der Waals surface area contributed by atoms with Crippen molar-refractivity contribution in [3.63, 3.8) is 0 Å². The molecule has 1 atom stereocenters. The second-order valence-electron chi connectivity index (χ2n) is 5.82. The molecule has 2 heteroatoms. The molecule has 0 bridgehead atoms. The largest absolute Gasteiger partial charge is 0.494 e. The zero-order valence-electron chi connectivity index (χ0n) is 12.5. The summed E-state index contributed by atoms with van der Waals surface area (Å²) in [5.74, 6) is 1.02. The molecule has 1 aromatic carbocycles. The van der Waals surface area contributed by atoms with Gasteiger partial charge in [-0.05, 0) is 44.6 Å². The Morgan fingerprint density at radius 1 is 1.26 bits per heavy atom. The number of rotatable bonds is 8. The van der Waals surface area contributed by atoms with Gasteiger partial charge < -0.3 is 10.1 Å². The average molecular weight is 261 g/mol. The highest BCUT2D eigenvalue weighted by molar-refractivity contribution is 5.35. The van der Waals surface area contributed by atoms with E-state index in [9.17, 15) is 0 Å². The van der Waals surface area contributed by atoms with Gasteiger partial charge in [-0.25, -0.2) is 0 Å². The zero-order chi connectivity index (χ0) is 13.7. The first kappa shape index (κ1) is 14.4. The Morgan fingerprint density at radius 2 is 2.00 bits per heavy atom. The van der Waals surface area contributed by atoms with Gasteiger partial charge in [0, 0.05) is 18.2 Å². The Bertz CT molecular complexity index is 398. The molecule has 1 unspecified atom stereocenters. The van der Waals surface area contributed by atoms with E-state index < -0.39 is 0 Å². The van der Waals surface area contributed by atoms with Crippen molar-refractivity contribution in [2.75, 3.05) is 13.2 Å². The summed E-state index contributed by atoms with van der Waals surface area (Å²) in [4.78, 5) is 0. The second kappa shape index (κ2) is 6.42. The smallest absolute Gasteiger partial charge is 0.124 e. The fraction of sp³-hybridized carbons (Fsp3) is 0.647. The van der Waals surface area contributed by atoms with Gasteiger partial charge in [-0.3, -0.25) is 0 Å². The van der Waals surface area contributed by atoms with Crippen LogP contribution in [0.3, 0.4) is 0 Å². The van der Waals surface area contributed by atoms with E-state index in [2.05, 4.69) is 37.4 Å². The molecule has 1 aliphatic carbocycles. The summed E-state index contributed by atoms with van der Waals surface area (Å²) in [6, 6.07) is 8.73. The van der Waals surface area contributed by atoms with Gasteiger partial charge in [0.05, 0.1) is 6.61 Å². The number of nitrogens with one attached hydrogen (secondary N) is 1. The minimum absolute atomic E-state index is 0.358. The van der Waals surface area contributed by atoms with Crippen molar-refractivity contribution in [2.24, 2.45) is 5.41 Å². The molecular weight excluding hydrogens is 234 g/mol. The minimum Gasteiger partial charge on any atom is -0.494 e. The van der Waals surface area contributed by atoms with E-state index in [1.165, 1.54) is 31.2 Å². The van der Waals surface area contributed by atoms with Crippen LogP contribution in [0.2, 0.25) is 0 Å². The highest BCUT2D eigenvalue weighted by Gasteiger charge is 2.41. The molecule has 106 valence electrons. The number of hydrogen-bond donors (Lipinski definition) is 1. The van der Waals surface area contributed by atoms with Crippen LogP contribution in [-0.2, 0) is 0 Å². The lowest BCUT2D eigenvalue weighted by Crippen LogP contribution is -2.27. The van der Waals surface area contributed by atoms with Crippen molar-refractivity contribution < 1.29 is 4.74 Å². The molecule has 0 aliphatic heterocycles. The van der Waals surface area contributed by atoms with Crippen LogP contribution in [0.15, 0.2) is 24.3 Å². The van der Waals surface area contributed by atoms with Crippen LogP contribution in [0.25, 0.3) is 0 Å². The molecule has 0 aromatic heterocycles. The van der Waals surface area contributed by atoms with E-state index in [0.29, 0.717) is 11.5 Å². The summed E-state index contributed by atoms with van der Waals surface area (Å²) in [6.07, 6.45) is 5.45. The third-order valence-corrected chi connectivity index (χ3v) is 4.21. The molecule has 19 heavy (non-hydrogen) atoms. The highest BCUT2D eigenvalue weighted by atomic mass is 16.5. The Balaban J connectivity index is 1.94. The third kappa shape index (κ3) is 3.73. The molecular formula is C17H27NO. The minimum atomic E-state index is 0.358. The first-order valence-electron chi connectivity index (χ1n) is 7.66. The molecule has 0 heterocycles. The predicted octanol–water partition coefficient (Wildman–Crippen LogP) is 4.32. The molecule has 0 spiro atoms. The summed E-state index contributed by atoms with van der Waals surface area (Å²) in [5.41, 5.74) is 1.88. The van der Waals surface area contributed by atoms with Gasteiger partial charge in [-0.15, -0.1) is 0 Å². The Morgan fingerprint density at radius 3 is 2.63 bits per heavy atom. The summed E-state index contributed by atoms with van der Waals surface area (Å²) in [7, 11) is 0. The van der Waals surface area contributed by atoms with Crippen LogP contribution < -0.4 is 10.1 Å². The van der Waals surface area contributed by atoms with Crippen LogP contribution >= 0.6 is 0 Å². The van der Waals surface area contributed by atoms with E-state index in [1.807, 2.05) is 13.0 Å². The van der Waals surface area contributed by atoms with Gasteiger partial charge in [0.25, 0.3) is 0 Å². The predicted molar refractivity (Wildman–Crippen MR) is 80.6 cm³/mol. The fourth-order valence-corrected chi connectivity index (χ4v) is 2.83. The van der Waals surface area contributed by atoms with Gasteiger partial charge in [-0.2, -0.15) is 0 Å². The molecule has 0 radical (unpaired) electrons. The van der Waals surface area contributed by atoms with Crippen LogP contribution in [0.5, 0.6) is 5.75 Å². The topological polar surface area (TPSA) is 21.3 Å². The number of para-hydroxylation sites is 1. The van der Waals surface area contributed by atoms with E-state index in [-0.39, 0.29) is 0 Å². The average Bonchev–Trinajstić information content (AvgIpc) is 3.18. The first-order valence-corrected chi connectivity index (χ1v) is 7.66. The molecule has 2 rings (SSSR count). The van der Waals surface area contributed by atoms with Gasteiger partial charge >= 0.3 is 0 Å². The third-order valence-electron chi connectivity index (χ3n) is 4.21. The Labute approximate surface area is 117 Å². The van der Waals surface area contributed by atoms with Crippen molar-refractivity contribution >= 4 is 0 Å². The summed E-state index contributed by atoms with van der Waals surface area (Å²) >= 11 is 0. The summed E-state index contributed by atoms with van der Waals surface area (Å²) in [6.45, 7) is 8.43. The van der Waals surface area contributed by atoms with E-state index in [1.54, 1.807) is 0 Å². The van der Waals surface area contributed by atoms with Crippen LogP contribution in [0.1, 0.15) is 58.1 Å². The lowest BCUT2D eigenvalue weighted by molar-refractivity contribution is 0.329. The highest BCUT2D eigenvalue weighted by Crippen LogP contribution is 2.49. The van der Waals surface area contributed by atoms with Crippen molar-refractivity contribution in [1.29, 1.82) is 0 Å². The van der Waals surface area contributed by atoms with Gasteiger partial charge in [0.1, 0.15) is 5.75 Å². The molecule has 2 nitrogen and oxygen atoms in total. The van der Waals surface area contributed by atoms with Crippen LogP contribution in [0.4, 0.5) is 0 Å². The van der Waals surface area contributed by atoms with Gasteiger partial charge in [-0.1, -0.05) is 31.5 Å². The number of hydrogen-bond acceptors (Lipinski definition) is 2. The van der Waals surface area contributed by atoms with Crippen molar-refractivity contribution in [1.82, 2.24) is 5.32 Å². The van der Waals surface area contributed by atoms with E-state index in [0.717, 1.165) is 18.9 Å². The van der Waals surface area contributed by atoms with Crippen molar-refractivity contribution in [2.45, 2.75) is 52.5 Å². The molecule has 1 saturated carbocycles. The maximum atomic E-state index is 5.71. The summed E-state index contributed by atoms with van der Waals surface area (Å²) in [5, 5.41) is 3.71. The monoisotopic (exact) mass is 261 g/mol. The first-order chi connectivity index (χ1) is 9.21. The fourth-order valence-electron chi connectivity index (χ4n) is 2.83. The standard InChI is InChI=1S/C17H27NO/c1-4-10-17(11-12-17)13-18-14(3)15-8-6-7-9-16(15)19-5-2/h6-9,14,18H,4-5,10-13H2,1-3H3. The maximum absolute atomic E-state index is 5.71. The van der Waals surface area contributed by atoms with Gasteiger partial charge in [0.15, 0.2) is 0 Å². The second-order valence-corrected chi connectivity index (χ2v) is 5.82. The maximum Gasteiger partial charge on any atom is 0.124 e. The molecule has 1 N–H and O–H groups in total.